The van der Waals surface area contributed by atoms with Gasteiger partial charge >= 0.3 is 12.4 Å². The van der Waals surface area contributed by atoms with Gasteiger partial charge in [0.2, 0.25) is 5.91 Å². The molecule has 0 aromatic heterocycles. The minimum atomic E-state index is -5.24. The van der Waals surface area contributed by atoms with Crippen LogP contribution in [-0.2, 0) is 20.2 Å². The number of carbonyl (C=O) groups excluding carboxylic acids is 2. The fraction of sp³-hybridized carbons (Fsp3) is 0.704. The number of imide groups is 1. The van der Waals surface area contributed by atoms with Crippen molar-refractivity contribution in [3.05, 3.63) is 32.4 Å². The van der Waals surface area contributed by atoms with Crippen molar-refractivity contribution in [3.8, 4) is 0 Å². The van der Waals surface area contributed by atoms with Crippen LogP contribution in [0.2, 0.25) is 0 Å². The molecule has 0 spiro atoms. The van der Waals surface area contributed by atoms with E-state index in [0.717, 1.165) is 32.1 Å². The maximum absolute atomic E-state index is 13.3. The molecule has 0 fully saturated rings. The van der Waals surface area contributed by atoms with E-state index in [9.17, 15) is 39.0 Å². The van der Waals surface area contributed by atoms with Gasteiger partial charge < -0.3 is 0 Å². The number of carbonyl (C=O) groups is 2. The summed E-state index contributed by atoms with van der Waals surface area (Å²) >= 11 is -2.65. The predicted molar refractivity (Wildman–Crippen MR) is 142 cm³/mol. The Morgan fingerprint density at radius 3 is 1.55 bits per heavy atom. The monoisotopic (exact) mass is 665 g/mol. The summed E-state index contributed by atoms with van der Waals surface area (Å²) in [6.45, 7) is 2.21. The Balaban J connectivity index is 2.38. The van der Waals surface area contributed by atoms with Crippen molar-refractivity contribution < 1.29 is 39.0 Å². The molecule has 0 radical (unpaired) electrons. The van der Waals surface area contributed by atoms with E-state index in [1.165, 1.54) is 57.8 Å². The van der Waals surface area contributed by atoms with E-state index in [1.807, 2.05) is 5.32 Å². The van der Waals surface area contributed by atoms with E-state index in [2.05, 4.69) is 6.92 Å². The second kappa shape index (κ2) is 17.9. The molecule has 38 heavy (non-hydrogen) atoms. The summed E-state index contributed by atoms with van der Waals surface area (Å²) in [5, 5.41) is 1.84. The zero-order valence-electron chi connectivity index (χ0n) is 21.8. The maximum Gasteiger partial charge on any atom is 0.417 e. The summed E-state index contributed by atoms with van der Waals surface area (Å²) < 4.78 is 89.5. The molecule has 0 atom stereocenters. The van der Waals surface area contributed by atoms with Crippen LogP contribution in [0, 0.1) is 3.57 Å². The molecule has 0 bridgehead atoms. The number of hydrogen-bond donors (Lipinski definition) is 1. The van der Waals surface area contributed by atoms with Gasteiger partial charge in [0.15, 0.2) is 21.2 Å². The molecule has 1 N–H and O–H groups in total. The van der Waals surface area contributed by atoms with Gasteiger partial charge in [0, 0.05) is 6.42 Å². The number of amides is 2. The third-order valence-corrected chi connectivity index (χ3v) is 7.89. The van der Waals surface area contributed by atoms with Crippen molar-refractivity contribution in [2.75, 3.05) is 0 Å². The third kappa shape index (κ3) is 13.5. The lowest BCUT2D eigenvalue weighted by atomic mass is 10.0. The van der Waals surface area contributed by atoms with Crippen LogP contribution in [0.5, 0.6) is 0 Å². The lowest BCUT2D eigenvalue weighted by Gasteiger charge is -2.16. The Morgan fingerprint density at radius 2 is 1.16 bits per heavy atom. The summed E-state index contributed by atoms with van der Waals surface area (Å²) in [6.07, 6.45) is 6.41. The molecule has 4 nitrogen and oxygen atoms in total. The summed E-state index contributed by atoms with van der Waals surface area (Å²) in [5.41, 5.74) is -4.53. The van der Waals surface area contributed by atoms with Crippen molar-refractivity contribution in [2.24, 2.45) is 0 Å². The molecule has 11 heteroatoms. The third-order valence-electron chi connectivity index (χ3n) is 6.29. The smallest absolute Gasteiger partial charge is 0.292 e. The van der Waals surface area contributed by atoms with Crippen molar-refractivity contribution >= 4 is 33.0 Å². The van der Waals surface area contributed by atoms with Crippen molar-refractivity contribution in [2.45, 2.75) is 122 Å². The van der Waals surface area contributed by atoms with Crippen molar-refractivity contribution in [1.29, 1.82) is 0 Å². The Hall–Kier alpha value is -1.53. The van der Waals surface area contributed by atoms with Crippen LogP contribution < -0.4 is 5.32 Å². The van der Waals surface area contributed by atoms with Crippen LogP contribution in [-0.4, -0.2) is 11.8 Å². The first kappa shape index (κ1) is 34.5. The lowest BCUT2D eigenvalue weighted by Crippen LogP contribution is -2.31. The number of halogens is 7. The fourth-order valence-electron chi connectivity index (χ4n) is 4.16. The Kier molecular flexibility index (Phi) is 16.3. The van der Waals surface area contributed by atoms with Crippen LogP contribution in [0.1, 0.15) is 131 Å². The second-order valence-corrected chi connectivity index (χ2v) is 11.1. The van der Waals surface area contributed by atoms with E-state index in [0.29, 0.717) is 6.42 Å². The van der Waals surface area contributed by atoms with Gasteiger partial charge in [-0.05, 0) is 18.6 Å². The van der Waals surface area contributed by atoms with E-state index >= 15 is 0 Å². The summed E-state index contributed by atoms with van der Waals surface area (Å²) in [5.74, 6) is -2.22. The van der Waals surface area contributed by atoms with Crippen molar-refractivity contribution in [3.63, 3.8) is 0 Å². The Bertz CT molecular complexity index is 887. The fourth-order valence-corrected chi connectivity index (χ4v) is 5.49. The summed E-state index contributed by atoms with van der Waals surface area (Å²) in [6, 6.07) is 0.0412. The molecular formula is C27H38F6INO3. The van der Waals surface area contributed by atoms with Gasteiger partial charge in [0.05, 0.1) is 20.3 Å². The molecule has 0 saturated carbocycles. The van der Waals surface area contributed by atoms with E-state index in [1.54, 1.807) is 0 Å². The SMILES string of the molecule is CCCCCCCCCCCCCCCCCC(=O)NC(=O)c1cc(C(F)(F)F)cc(C(F)(F)F)c1I=O. The Labute approximate surface area is 231 Å². The minimum absolute atomic E-state index is 0.0865. The topological polar surface area (TPSA) is 63.2 Å². The van der Waals surface area contributed by atoms with Crippen molar-refractivity contribution in [1.82, 2.24) is 5.32 Å². The summed E-state index contributed by atoms with van der Waals surface area (Å²) in [4.78, 5) is 24.4. The zero-order valence-corrected chi connectivity index (χ0v) is 24.0. The molecular weight excluding hydrogens is 627 g/mol. The van der Waals surface area contributed by atoms with Crippen LogP contribution in [0.25, 0.3) is 0 Å². The first-order valence-electron chi connectivity index (χ1n) is 13.4. The molecule has 0 aliphatic carbocycles. The first-order chi connectivity index (χ1) is 17.9. The van der Waals surface area contributed by atoms with Gasteiger partial charge in [-0.2, -0.15) is 26.3 Å². The Morgan fingerprint density at radius 1 is 0.711 bits per heavy atom. The quantitative estimate of drug-likeness (QED) is 0.0965. The van der Waals surface area contributed by atoms with Gasteiger partial charge in [-0.3, -0.25) is 18.0 Å². The highest BCUT2D eigenvalue weighted by atomic mass is 127. The molecule has 2 amide bonds. The number of benzene rings is 1. The van der Waals surface area contributed by atoms with E-state index in [-0.39, 0.29) is 18.6 Å². The minimum Gasteiger partial charge on any atom is -0.292 e. The van der Waals surface area contributed by atoms with Crippen LogP contribution in [0.4, 0.5) is 26.3 Å². The first-order valence-corrected chi connectivity index (χ1v) is 15.3. The molecule has 1 aromatic rings. The highest BCUT2D eigenvalue weighted by molar-refractivity contribution is 14.1. The highest BCUT2D eigenvalue weighted by Gasteiger charge is 2.41. The molecule has 0 unspecified atom stereocenters. The molecule has 0 heterocycles. The average molecular weight is 665 g/mol. The van der Waals surface area contributed by atoms with Crippen LogP contribution in [0.3, 0.4) is 0 Å². The molecule has 0 aliphatic rings. The normalized spacial score (nSPS) is 12.1. The second-order valence-electron chi connectivity index (χ2n) is 9.54. The van der Waals surface area contributed by atoms with Crippen LogP contribution in [0.15, 0.2) is 12.1 Å². The van der Waals surface area contributed by atoms with Crippen LogP contribution >= 0.6 is 21.2 Å². The highest BCUT2D eigenvalue weighted by Crippen LogP contribution is 2.40. The summed E-state index contributed by atoms with van der Waals surface area (Å²) in [7, 11) is 0. The predicted octanol–water partition coefficient (Wildman–Crippen LogP) is 9.73. The largest absolute Gasteiger partial charge is 0.417 e. The number of alkyl halides is 6. The van der Waals surface area contributed by atoms with Gasteiger partial charge in [-0.25, -0.2) is 0 Å². The van der Waals surface area contributed by atoms with E-state index in [4.69, 9.17) is 0 Å². The van der Waals surface area contributed by atoms with E-state index < -0.39 is 65.6 Å². The van der Waals surface area contributed by atoms with Gasteiger partial charge in [0.1, 0.15) is 0 Å². The van der Waals surface area contributed by atoms with Gasteiger partial charge in [-0.15, -0.1) is 0 Å². The number of unbranched alkanes of at least 4 members (excludes halogenated alkanes) is 14. The lowest BCUT2D eigenvalue weighted by molar-refractivity contribution is -0.143. The number of nitrogens with one attached hydrogen (secondary N) is 1. The average Bonchev–Trinajstić information content (AvgIpc) is 2.84. The molecule has 1 rings (SSSR count). The number of hydrogen-bond acceptors (Lipinski definition) is 3. The zero-order chi connectivity index (χ0) is 28.6. The maximum atomic E-state index is 13.3. The number of rotatable bonds is 18. The van der Waals surface area contributed by atoms with Gasteiger partial charge in [-0.1, -0.05) is 96.8 Å². The molecule has 0 aliphatic heterocycles. The van der Waals surface area contributed by atoms with Gasteiger partial charge in [0.25, 0.3) is 5.91 Å². The molecule has 0 saturated heterocycles. The molecule has 218 valence electrons. The molecule has 1 aromatic carbocycles. The standard InChI is InChI=1S/C27H38F6INO3/c1-2-3-4-5-6-7-8-9-10-11-12-13-14-15-16-17-23(36)35-25(37)21-18-20(26(28,29)30)19-22(24(21)34-38)27(31,32)33/h18-19H,2-17H2,1H3,(H,35,36,37).